The summed E-state index contributed by atoms with van der Waals surface area (Å²) in [6.07, 6.45) is 0.447. The van der Waals surface area contributed by atoms with Crippen molar-refractivity contribution in [2.45, 2.75) is 41.0 Å². The SMILES string of the molecule is CCC(=O)Nc1ccc(Oc2c(C)c(C)c(O)c(C)c2C)cc1. The van der Waals surface area contributed by atoms with E-state index in [1.54, 1.807) is 0 Å². The Morgan fingerprint density at radius 1 is 1.00 bits per heavy atom. The molecule has 0 spiro atoms. The van der Waals surface area contributed by atoms with Gasteiger partial charge in [-0.25, -0.2) is 0 Å². The number of hydrogen-bond donors (Lipinski definition) is 2. The average Bonchev–Trinajstić information content (AvgIpc) is 2.56. The second-order valence-electron chi connectivity index (χ2n) is 5.71. The molecule has 0 unspecified atom stereocenters. The number of benzene rings is 2. The van der Waals surface area contributed by atoms with Crippen molar-refractivity contribution in [1.82, 2.24) is 0 Å². The minimum atomic E-state index is -0.0184. The second-order valence-corrected chi connectivity index (χ2v) is 5.71. The van der Waals surface area contributed by atoms with Crippen LogP contribution in [-0.4, -0.2) is 11.0 Å². The Morgan fingerprint density at radius 3 is 2.00 bits per heavy atom. The largest absolute Gasteiger partial charge is 0.507 e. The molecule has 2 N–H and O–H groups in total. The highest BCUT2D eigenvalue weighted by Crippen LogP contribution is 2.38. The molecule has 0 atom stereocenters. The van der Waals surface area contributed by atoms with Crippen molar-refractivity contribution in [1.29, 1.82) is 0 Å². The zero-order chi connectivity index (χ0) is 17.1. The fourth-order valence-corrected chi connectivity index (χ4v) is 2.38. The van der Waals surface area contributed by atoms with Gasteiger partial charge in [-0.15, -0.1) is 0 Å². The van der Waals surface area contributed by atoms with Crippen LogP contribution in [0.3, 0.4) is 0 Å². The van der Waals surface area contributed by atoms with Gasteiger partial charge in [0.1, 0.15) is 17.2 Å². The van der Waals surface area contributed by atoms with Gasteiger partial charge in [-0.1, -0.05) is 6.92 Å². The predicted octanol–water partition coefficient (Wildman–Crippen LogP) is 4.77. The molecule has 1 amide bonds. The first-order valence-electron chi connectivity index (χ1n) is 7.72. The minimum absolute atomic E-state index is 0.0184. The van der Waals surface area contributed by atoms with Gasteiger partial charge < -0.3 is 15.2 Å². The summed E-state index contributed by atoms with van der Waals surface area (Å²) < 4.78 is 6.02. The summed E-state index contributed by atoms with van der Waals surface area (Å²) in [4.78, 5) is 11.4. The van der Waals surface area contributed by atoms with Gasteiger partial charge in [0, 0.05) is 12.1 Å². The van der Waals surface area contributed by atoms with E-state index in [4.69, 9.17) is 4.74 Å². The number of nitrogens with one attached hydrogen (secondary N) is 1. The number of carbonyl (C=O) groups excluding carboxylic acids is 1. The highest BCUT2D eigenvalue weighted by atomic mass is 16.5. The first-order valence-corrected chi connectivity index (χ1v) is 7.72. The molecule has 2 aromatic rings. The molecule has 0 aromatic heterocycles. The zero-order valence-electron chi connectivity index (χ0n) is 14.3. The molecule has 0 aliphatic rings. The molecule has 0 fully saturated rings. The molecule has 0 saturated heterocycles. The van der Waals surface area contributed by atoms with E-state index in [2.05, 4.69) is 5.32 Å². The van der Waals surface area contributed by atoms with Crippen LogP contribution in [0.2, 0.25) is 0 Å². The molecule has 0 saturated carbocycles. The molecule has 0 heterocycles. The monoisotopic (exact) mass is 313 g/mol. The van der Waals surface area contributed by atoms with Crippen LogP contribution in [0.1, 0.15) is 35.6 Å². The third-order valence-electron chi connectivity index (χ3n) is 4.20. The summed E-state index contributed by atoms with van der Waals surface area (Å²) in [5.41, 5.74) is 4.25. The van der Waals surface area contributed by atoms with Crippen LogP contribution in [-0.2, 0) is 4.79 Å². The van der Waals surface area contributed by atoms with Crippen LogP contribution in [0.15, 0.2) is 24.3 Å². The van der Waals surface area contributed by atoms with E-state index in [1.165, 1.54) is 0 Å². The van der Waals surface area contributed by atoms with Crippen LogP contribution < -0.4 is 10.1 Å². The molecular formula is C19H23NO3. The number of rotatable bonds is 4. The van der Waals surface area contributed by atoms with Crippen molar-refractivity contribution < 1.29 is 14.6 Å². The molecular weight excluding hydrogens is 290 g/mol. The number of phenolic OH excluding ortho intramolecular Hbond substituents is 1. The van der Waals surface area contributed by atoms with E-state index >= 15 is 0 Å². The summed E-state index contributed by atoms with van der Waals surface area (Å²) in [5, 5.41) is 12.9. The fourth-order valence-electron chi connectivity index (χ4n) is 2.38. The smallest absolute Gasteiger partial charge is 0.224 e. The maximum atomic E-state index is 11.4. The van der Waals surface area contributed by atoms with Crippen LogP contribution in [0.5, 0.6) is 17.2 Å². The quantitative estimate of drug-likeness (QED) is 0.855. The third-order valence-corrected chi connectivity index (χ3v) is 4.20. The van der Waals surface area contributed by atoms with Crippen LogP contribution in [0.4, 0.5) is 5.69 Å². The van der Waals surface area contributed by atoms with Crippen LogP contribution in [0.25, 0.3) is 0 Å². The predicted molar refractivity (Wildman–Crippen MR) is 92.5 cm³/mol. The first kappa shape index (κ1) is 16.9. The van der Waals surface area contributed by atoms with Crippen molar-refractivity contribution in [3.05, 3.63) is 46.5 Å². The van der Waals surface area contributed by atoms with Gasteiger partial charge in [-0.05, 0) is 74.2 Å². The maximum Gasteiger partial charge on any atom is 0.224 e. The van der Waals surface area contributed by atoms with E-state index < -0.39 is 0 Å². The lowest BCUT2D eigenvalue weighted by molar-refractivity contribution is -0.115. The van der Waals surface area contributed by atoms with Gasteiger partial charge in [0.2, 0.25) is 5.91 Å². The summed E-state index contributed by atoms with van der Waals surface area (Å²) in [5.74, 6) is 1.76. The second kappa shape index (κ2) is 6.73. The Kier molecular flexibility index (Phi) is 4.94. The summed E-state index contributed by atoms with van der Waals surface area (Å²) in [6, 6.07) is 7.27. The Bertz CT molecular complexity index is 704. The van der Waals surface area contributed by atoms with E-state index in [9.17, 15) is 9.90 Å². The molecule has 4 nitrogen and oxygen atoms in total. The van der Waals surface area contributed by atoms with Crippen LogP contribution in [0, 0.1) is 27.7 Å². The molecule has 23 heavy (non-hydrogen) atoms. The molecule has 0 aliphatic heterocycles. The lowest BCUT2D eigenvalue weighted by atomic mass is 9.98. The molecule has 4 heteroatoms. The summed E-state index contributed by atoms with van der Waals surface area (Å²) >= 11 is 0. The maximum absolute atomic E-state index is 11.4. The number of hydrogen-bond acceptors (Lipinski definition) is 3. The normalized spacial score (nSPS) is 10.5. The number of anilines is 1. The van der Waals surface area contributed by atoms with Crippen molar-refractivity contribution in [2.24, 2.45) is 0 Å². The van der Waals surface area contributed by atoms with E-state index in [-0.39, 0.29) is 5.91 Å². The zero-order valence-corrected chi connectivity index (χ0v) is 14.3. The van der Waals surface area contributed by atoms with E-state index in [0.717, 1.165) is 33.7 Å². The van der Waals surface area contributed by atoms with Gasteiger partial charge >= 0.3 is 0 Å². The van der Waals surface area contributed by atoms with Crippen molar-refractivity contribution >= 4 is 11.6 Å². The lowest BCUT2D eigenvalue weighted by Crippen LogP contribution is -2.09. The number of ether oxygens (including phenoxy) is 1. The summed E-state index contributed by atoms with van der Waals surface area (Å²) in [6.45, 7) is 9.45. The van der Waals surface area contributed by atoms with E-state index in [0.29, 0.717) is 17.9 Å². The Labute approximate surface area is 137 Å². The highest BCUT2D eigenvalue weighted by molar-refractivity contribution is 5.90. The van der Waals surface area contributed by atoms with Gasteiger partial charge in [0.05, 0.1) is 0 Å². The minimum Gasteiger partial charge on any atom is -0.507 e. The average molecular weight is 313 g/mol. The Balaban J connectivity index is 2.28. The van der Waals surface area contributed by atoms with Crippen LogP contribution >= 0.6 is 0 Å². The first-order chi connectivity index (χ1) is 10.8. The molecule has 2 rings (SSSR count). The van der Waals surface area contributed by atoms with Gasteiger partial charge in [0.25, 0.3) is 0 Å². The molecule has 122 valence electrons. The van der Waals surface area contributed by atoms with Crippen molar-refractivity contribution in [3.63, 3.8) is 0 Å². The molecule has 0 radical (unpaired) electrons. The topological polar surface area (TPSA) is 58.6 Å². The number of aromatic hydroxyl groups is 1. The van der Waals surface area contributed by atoms with Crippen molar-refractivity contribution in [2.75, 3.05) is 5.32 Å². The van der Waals surface area contributed by atoms with Crippen molar-refractivity contribution in [3.8, 4) is 17.2 Å². The Hall–Kier alpha value is -2.49. The fraction of sp³-hybridized carbons (Fsp3) is 0.316. The van der Waals surface area contributed by atoms with Gasteiger partial charge in [-0.2, -0.15) is 0 Å². The molecule has 2 aromatic carbocycles. The van der Waals surface area contributed by atoms with Gasteiger partial charge in [-0.3, -0.25) is 4.79 Å². The molecule has 0 aliphatic carbocycles. The standard InChI is InChI=1S/C19H23NO3/c1-6-17(21)20-15-7-9-16(10-8-15)23-19-13(4)11(2)18(22)12(3)14(19)5/h7-10,22H,6H2,1-5H3,(H,20,21). The number of carbonyl (C=O) groups is 1. The van der Waals surface area contributed by atoms with Gasteiger partial charge in [0.15, 0.2) is 0 Å². The summed E-state index contributed by atoms with van der Waals surface area (Å²) in [7, 11) is 0. The third kappa shape index (κ3) is 3.47. The lowest BCUT2D eigenvalue weighted by Gasteiger charge is -2.18. The Morgan fingerprint density at radius 2 is 1.52 bits per heavy atom. The molecule has 0 bridgehead atoms. The number of amides is 1. The highest BCUT2D eigenvalue weighted by Gasteiger charge is 2.15. The van der Waals surface area contributed by atoms with E-state index in [1.807, 2.05) is 58.9 Å². The number of phenols is 1.